The van der Waals surface area contributed by atoms with Crippen LogP contribution in [0.4, 0.5) is 0 Å². The molecule has 1 aliphatic rings. The van der Waals surface area contributed by atoms with Crippen LogP contribution in [0, 0.1) is 0 Å². The molecular weight excluding hydrogens is 433 g/mol. The molecule has 5 nitrogen and oxygen atoms in total. The van der Waals surface area contributed by atoms with E-state index < -0.39 is 12.3 Å². The fourth-order valence-corrected chi connectivity index (χ4v) is 3.52. The summed E-state index contributed by atoms with van der Waals surface area (Å²) in [5.74, 6) is 1.31. The highest BCUT2D eigenvalue weighted by atomic mass is 35.5. The molecule has 29 heavy (non-hydrogen) atoms. The second kappa shape index (κ2) is 11.4. The third kappa shape index (κ3) is 7.48. The molecule has 0 radical (unpaired) electrons. The second-order valence-electron chi connectivity index (χ2n) is 6.19. The van der Waals surface area contributed by atoms with Crippen LogP contribution in [0.1, 0.15) is 0 Å². The van der Waals surface area contributed by atoms with E-state index in [1.807, 2.05) is 0 Å². The summed E-state index contributed by atoms with van der Waals surface area (Å²) in [6.07, 6.45) is 0.854. The molecule has 0 saturated heterocycles. The number of rotatable bonds is 8. The average molecular weight is 454 g/mol. The summed E-state index contributed by atoms with van der Waals surface area (Å²) in [6, 6.07) is 13.3. The molecule has 8 heteroatoms. The summed E-state index contributed by atoms with van der Waals surface area (Å²) in [5, 5.41) is 3.24. The van der Waals surface area contributed by atoms with Crippen molar-refractivity contribution in [1.29, 1.82) is 0 Å². The Morgan fingerprint density at radius 3 is 2.17 bits per heavy atom. The molecule has 0 saturated carbocycles. The number of nitrogens with zero attached hydrogens (tertiary/aromatic N) is 1. The molecule has 2 aromatic rings. The number of benzene rings is 2. The first-order chi connectivity index (χ1) is 14.1. The van der Waals surface area contributed by atoms with Crippen LogP contribution < -0.4 is 9.47 Å². The van der Waals surface area contributed by atoms with Crippen LogP contribution in [0.25, 0.3) is 0 Å². The highest BCUT2D eigenvalue weighted by Gasteiger charge is 2.25. The zero-order valence-electron chi connectivity index (χ0n) is 15.6. The SMILES string of the molecule is O=C(OCCN1CC=CSCC1)C(Oc1ccc(Cl)cc1)Oc1ccc(Cl)cc1. The molecule has 1 heterocycles. The molecule has 0 fully saturated rings. The van der Waals surface area contributed by atoms with E-state index in [1.54, 1.807) is 60.3 Å². The first-order valence-corrected chi connectivity index (χ1v) is 10.9. The number of carbonyl (C=O) groups excluding carboxylic acids is 1. The van der Waals surface area contributed by atoms with E-state index in [1.165, 1.54) is 0 Å². The third-order valence-corrected chi connectivity index (χ3v) is 5.35. The van der Waals surface area contributed by atoms with Crippen LogP contribution in [0.5, 0.6) is 11.5 Å². The Balaban J connectivity index is 1.60. The lowest BCUT2D eigenvalue weighted by molar-refractivity contribution is -0.166. The van der Waals surface area contributed by atoms with Gasteiger partial charge in [-0.15, -0.1) is 11.8 Å². The van der Waals surface area contributed by atoms with Crippen molar-refractivity contribution < 1.29 is 19.0 Å². The lowest BCUT2D eigenvalue weighted by Crippen LogP contribution is -2.37. The number of esters is 1. The number of hydrogen-bond donors (Lipinski definition) is 0. The highest BCUT2D eigenvalue weighted by molar-refractivity contribution is 8.02. The maximum Gasteiger partial charge on any atom is 0.389 e. The second-order valence-corrected chi connectivity index (χ2v) is 8.07. The van der Waals surface area contributed by atoms with Gasteiger partial charge in [0.15, 0.2) is 0 Å². The molecule has 0 atom stereocenters. The molecule has 0 N–H and O–H groups in total. The fourth-order valence-electron chi connectivity index (χ4n) is 2.54. The predicted molar refractivity (Wildman–Crippen MR) is 117 cm³/mol. The van der Waals surface area contributed by atoms with Crippen LogP contribution in [-0.4, -0.2) is 49.2 Å². The van der Waals surface area contributed by atoms with Gasteiger partial charge in [-0.25, -0.2) is 4.79 Å². The third-order valence-electron chi connectivity index (χ3n) is 4.04. The maximum absolute atomic E-state index is 12.6. The monoisotopic (exact) mass is 453 g/mol. The van der Waals surface area contributed by atoms with Crippen molar-refractivity contribution in [2.24, 2.45) is 0 Å². The maximum atomic E-state index is 12.6. The largest absolute Gasteiger partial charge is 0.459 e. The summed E-state index contributed by atoms with van der Waals surface area (Å²) in [4.78, 5) is 14.9. The van der Waals surface area contributed by atoms with Crippen molar-refractivity contribution in [3.8, 4) is 11.5 Å². The normalized spacial score (nSPS) is 14.4. The summed E-state index contributed by atoms with van der Waals surface area (Å²) in [5.41, 5.74) is 0. The van der Waals surface area contributed by atoms with Gasteiger partial charge in [-0.2, -0.15) is 0 Å². The first-order valence-electron chi connectivity index (χ1n) is 9.10. The quantitative estimate of drug-likeness (QED) is 0.419. The Labute approximate surface area is 184 Å². The van der Waals surface area contributed by atoms with Gasteiger partial charge in [0.25, 0.3) is 0 Å². The van der Waals surface area contributed by atoms with Crippen molar-refractivity contribution in [3.05, 3.63) is 70.1 Å². The van der Waals surface area contributed by atoms with Crippen molar-refractivity contribution in [1.82, 2.24) is 4.90 Å². The lowest BCUT2D eigenvalue weighted by Gasteiger charge is -2.21. The van der Waals surface area contributed by atoms with E-state index in [0.717, 1.165) is 18.8 Å². The van der Waals surface area contributed by atoms with E-state index in [9.17, 15) is 4.79 Å². The molecule has 0 aliphatic carbocycles. The Morgan fingerprint density at radius 1 is 1.00 bits per heavy atom. The van der Waals surface area contributed by atoms with E-state index in [4.69, 9.17) is 37.4 Å². The predicted octanol–water partition coefficient (Wildman–Crippen LogP) is 4.88. The molecule has 1 aliphatic heterocycles. The molecule has 0 amide bonds. The Kier molecular flexibility index (Phi) is 8.55. The number of thioether (sulfide) groups is 1. The molecule has 0 unspecified atom stereocenters. The molecule has 0 bridgehead atoms. The minimum absolute atomic E-state index is 0.252. The van der Waals surface area contributed by atoms with Gasteiger partial charge >= 0.3 is 12.3 Å². The zero-order valence-corrected chi connectivity index (χ0v) is 18.0. The highest BCUT2D eigenvalue weighted by Crippen LogP contribution is 2.21. The smallest absolute Gasteiger partial charge is 0.389 e. The van der Waals surface area contributed by atoms with E-state index in [0.29, 0.717) is 28.1 Å². The topological polar surface area (TPSA) is 48.0 Å². The van der Waals surface area contributed by atoms with Crippen molar-refractivity contribution in [2.75, 3.05) is 32.0 Å². The van der Waals surface area contributed by atoms with E-state index in [-0.39, 0.29) is 6.61 Å². The summed E-state index contributed by atoms with van der Waals surface area (Å²) in [7, 11) is 0. The van der Waals surface area contributed by atoms with Crippen LogP contribution in [-0.2, 0) is 9.53 Å². The standard InChI is InChI=1S/C21H21Cl2NO4S/c22-16-2-6-18(7-3-16)27-21(28-19-8-4-17(23)5-9-19)20(25)26-13-11-24-10-1-14-29-15-12-24/h1-9,14,21H,10-13,15H2. The van der Waals surface area contributed by atoms with Crippen LogP contribution in [0.15, 0.2) is 60.0 Å². The van der Waals surface area contributed by atoms with Crippen LogP contribution >= 0.6 is 35.0 Å². The Hall–Kier alpha value is -1.86. The number of ether oxygens (including phenoxy) is 3. The van der Waals surface area contributed by atoms with Gasteiger partial charge in [0, 0.05) is 35.4 Å². The Bertz CT molecular complexity index is 767. The molecule has 2 aromatic carbocycles. The summed E-state index contributed by atoms with van der Waals surface area (Å²) < 4.78 is 16.8. The number of hydrogen-bond acceptors (Lipinski definition) is 6. The van der Waals surface area contributed by atoms with Gasteiger partial charge in [-0.3, -0.25) is 4.90 Å². The van der Waals surface area contributed by atoms with Crippen molar-refractivity contribution >= 4 is 40.9 Å². The van der Waals surface area contributed by atoms with Gasteiger partial charge < -0.3 is 14.2 Å². The molecule has 0 spiro atoms. The Morgan fingerprint density at radius 2 is 1.59 bits per heavy atom. The first kappa shape index (κ1) is 21.8. The van der Waals surface area contributed by atoms with E-state index in [2.05, 4.69) is 16.4 Å². The fraction of sp³-hybridized carbons (Fsp3) is 0.286. The minimum Gasteiger partial charge on any atom is -0.459 e. The van der Waals surface area contributed by atoms with Crippen molar-refractivity contribution in [3.63, 3.8) is 0 Å². The molecular formula is C21H21Cl2NO4S. The zero-order chi connectivity index (χ0) is 20.5. The molecule has 154 valence electrons. The summed E-state index contributed by atoms with van der Waals surface area (Å²) >= 11 is 13.6. The molecule has 3 rings (SSSR count). The van der Waals surface area contributed by atoms with E-state index >= 15 is 0 Å². The minimum atomic E-state index is -1.25. The molecule has 0 aromatic heterocycles. The van der Waals surface area contributed by atoms with Gasteiger partial charge in [-0.05, 0) is 53.9 Å². The van der Waals surface area contributed by atoms with Gasteiger partial charge in [0.1, 0.15) is 18.1 Å². The van der Waals surface area contributed by atoms with Gasteiger partial charge in [0.2, 0.25) is 0 Å². The number of carbonyl (C=O) groups is 1. The van der Waals surface area contributed by atoms with Gasteiger partial charge in [0.05, 0.1) is 0 Å². The van der Waals surface area contributed by atoms with Crippen LogP contribution in [0.2, 0.25) is 10.0 Å². The number of halogens is 2. The van der Waals surface area contributed by atoms with Gasteiger partial charge in [-0.1, -0.05) is 29.3 Å². The average Bonchev–Trinajstić information content (AvgIpc) is 2.99. The van der Waals surface area contributed by atoms with Crippen molar-refractivity contribution in [2.45, 2.75) is 6.29 Å². The van der Waals surface area contributed by atoms with Crippen LogP contribution in [0.3, 0.4) is 0 Å². The lowest BCUT2D eigenvalue weighted by atomic mass is 10.3. The summed E-state index contributed by atoms with van der Waals surface area (Å²) in [6.45, 7) is 2.69.